The third-order valence-corrected chi connectivity index (χ3v) is 3.76. The summed E-state index contributed by atoms with van der Waals surface area (Å²) >= 11 is 0. The largest absolute Gasteiger partial charge is 0.379 e. The van der Waals surface area contributed by atoms with Crippen molar-refractivity contribution in [2.45, 2.75) is 45.3 Å². The summed E-state index contributed by atoms with van der Waals surface area (Å²) in [7, 11) is 1.96. The van der Waals surface area contributed by atoms with Crippen LogP contribution < -0.4 is 5.32 Å². The molecule has 1 N–H and O–H groups in total. The second-order valence-corrected chi connectivity index (χ2v) is 5.58. The molecule has 0 aromatic carbocycles. The summed E-state index contributed by atoms with van der Waals surface area (Å²) < 4.78 is 13.0. The maximum absolute atomic E-state index is 5.65. The van der Waals surface area contributed by atoms with Crippen molar-refractivity contribution in [3.8, 4) is 0 Å². The Hall–Kier alpha value is -0.910. The molecule has 20 heavy (non-hydrogen) atoms. The van der Waals surface area contributed by atoms with Crippen LogP contribution in [0, 0.1) is 6.92 Å². The van der Waals surface area contributed by atoms with Crippen molar-refractivity contribution in [2.24, 2.45) is 7.05 Å². The molecular weight excluding hydrogens is 254 g/mol. The van der Waals surface area contributed by atoms with Crippen molar-refractivity contribution in [1.29, 1.82) is 0 Å². The Morgan fingerprint density at radius 2 is 2.45 bits per heavy atom. The van der Waals surface area contributed by atoms with E-state index in [0.717, 1.165) is 44.9 Å². The predicted octanol–water partition coefficient (Wildman–Crippen LogP) is 1.96. The SMILES string of the molecule is Cc1nn(C)cc1C(C)NCCCOCC1CCCO1. The van der Waals surface area contributed by atoms with Gasteiger partial charge >= 0.3 is 0 Å². The summed E-state index contributed by atoms with van der Waals surface area (Å²) in [6.07, 6.45) is 5.77. The van der Waals surface area contributed by atoms with Gasteiger partial charge < -0.3 is 14.8 Å². The van der Waals surface area contributed by atoms with E-state index >= 15 is 0 Å². The zero-order valence-corrected chi connectivity index (χ0v) is 12.9. The van der Waals surface area contributed by atoms with Gasteiger partial charge in [0, 0.05) is 38.1 Å². The van der Waals surface area contributed by atoms with Gasteiger partial charge in [0.15, 0.2) is 0 Å². The van der Waals surface area contributed by atoms with E-state index in [1.807, 2.05) is 11.7 Å². The van der Waals surface area contributed by atoms with Crippen molar-refractivity contribution in [3.63, 3.8) is 0 Å². The predicted molar refractivity (Wildman–Crippen MR) is 78.8 cm³/mol. The molecule has 1 fully saturated rings. The van der Waals surface area contributed by atoms with Crippen LogP contribution in [0.5, 0.6) is 0 Å². The van der Waals surface area contributed by atoms with Crippen LogP contribution in [0.4, 0.5) is 0 Å². The zero-order valence-electron chi connectivity index (χ0n) is 12.9. The zero-order chi connectivity index (χ0) is 14.4. The highest BCUT2D eigenvalue weighted by Crippen LogP contribution is 2.15. The summed E-state index contributed by atoms with van der Waals surface area (Å²) in [6.45, 7) is 7.64. The molecule has 0 aliphatic carbocycles. The summed E-state index contributed by atoms with van der Waals surface area (Å²) in [5.41, 5.74) is 2.37. The molecule has 0 bridgehead atoms. The number of rotatable bonds is 8. The fourth-order valence-corrected chi connectivity index (χ4v) is 2.64. The van der Waals surface area contributed by atoms with E-state index in [1.165, 1.54) is 12.0 Å². The molecule has 2 unspecified atom stereocenters. The van der Waals surface area contributed by atoms with Crippen molar-refractivity contribution < 1.29 is 9.47 Å². The molecule has 1 saturated heterocycles. The minimum Gasteiger partial charge on any atom is -0.379 e. The second-order valence-electron chi connectivity index (χ2n) is 5.58. The van der Waals surface area contributed by atoms with E-state index < -0.39 is 0 Å². The van der Waals surface area contributed by atoms with E-state index in [1.54, 1.807) is 0 Å². The molecule has 2 heterocycles. The van der Waals surface area contributed by atoms with Crippen molar-refractivity contribution >= 4 is 0 Å². The number of aromatic nitrogens is 2. The van der Waals surface area contributed by atoms with Crippen LogP contribution in [0.1, 0.15) is 43.5 Å². The smallest absolute Gasteiger partial charge is 0.0809 e. The van der Waals surface area contributed by atoms with Gasteiger partial charge in [-0.3, -0.25) is 4.68 Å². The van der Waals surface area contributed by atoms with Crippen LogP contribution >= 0.6 is 0 Å². The van der Waals surface area contributed by atoms with Gasteiger partial charge in [-0.15, -0.1) is 0 Å². The number of hydrogen-bond acceptors (Lipinski definition) is 4. The van der Waals surface area contributed by atoms with Crippen molar-refractivity contribution in [3.05, 3.63) is 17.5 Å². The first-order valence-corrected chi connectivity index (χ1v) is 7.59. The third kappa shape index (κ3) is 4.58. The molecule has 0 radical (unpaired) electrons. The minimum atomic E-state index is 0.333. The Bertz CT molecular complexity index is 400. The molecular formula is C15H27N3O2. The standard InChI is InChI=1S/C15H27N3O2/c1-12(15-10-18(3)17-13(15)2)16-7-5-8-19-11-14-6-4-9-20-14/h10,12,14,16H,4-9,11H2,1-3H3. The maximum atomic E-state index is 5.65. The molecule has 1 aliphatic rings. The van der Waals surface area contributed by atoms with E-state index in [9.17, 15) is 0 Å². The molecule has 1 aromatic rings. The number of nitrogens with one attached hydrogen (secondary N) is 1. The molecule has 5 heteroatoms. The van der Waals surface area contributed by atoms with Gasteiger partial charge in [-0.25, -0.2) is 0 Å². The molecule has 5 nitrogen and oxygen atoms in total. The molecule has 0 saturated carbocycles. The lowest BCUT2D eigenvalue weighted by Gasteiger charge is -2.14. The van der Waals surface area contributed by atoms with Gasteiger partial charge in [-0.05, 0) is 39.7 Å². The topological polar surface area (TPSA) is 48.3 Å². The Morgan fingerprint density at radius 1 is 1.60 bits per heavy atom. The Labute approximate surface area is 121 Å². The number of nitrogens with zero attached hydrogens (tertiary/aromatic N) is 2. The van der Waals surface area contributed by atoms with Crippen LogP contribution in [0.2, 0.25) is 0 Å². The Kier molecular flexibility index (Phi) is 6.01. The van der Waals surface area contributed by atoms with Gasteiger partial charge in [0.2, 0.25) is 0 Å². The lowest BCUT2D eigenvalue weighted by atomic mass is 10.1. The Balaban J connectivity index is 1.55. The second kappa shape index (κ2) is 7.76. The highest BCUT2D eigenvalue weighted by molar-refractivity contribution is 5.19. The lowest BCUT2D eigenvalue weighted by Crippen LogP contribution is -2.22. The molecule has 2 atom stereocenters. The van der Waals surface area contributed by atoms with Crippen molar-refractivity contribution in [1.82, 2.24) is 15.1 Å². The summed E-state index contributed by atoms with van der Waals surface area (Å²) in [4.78, 5) is 0. The maximum Gasteiger partial charge on any atom is 0.0809 e. The fraction of sp³-hybridized carbons (Fsp3) is 0.800. The molecule has 1 aliphatic heterocycles. The highest BCUT2D eigenvalue weighted by Gasteiger charge is 2.15. The first-order valence-electron chi connectivity index (χ1n) is 7.59. The van der Waals surface area contributed by atoms with Gasteiger partial charge in [0.1, 0.15) is 0 Å². The monoisotopic (exact) mass is 281 g/mol. The first kappa shape index (κ1) is 15.5. The summed E-state index contributed by atoms with van der Waals surface area (Å²) in [6, 6.07) is 0.335. The lowest BCUT2D eigenvalue weighted by molar-refractivity contribution is 0.0165. The molecule has 0 spiro atoms. The number of ether oxygens (including phenoxy) is 2. The van der Waals surface area contributed by atoms with Crippen LogP contribution in [0.15, 0.2) is 6.20 Å². The Morgan fingerprint density at radius 3 is 3.10 bits per heavy atom. The van der Waals surface area contributed by atoms with Crippen LogP contribution in [-0.4, -0.2) is 42.2 Å². The van der Waals surface area contributed by atoms with E-state index in [0.29, 0.717) is 12.1 Å². The van der Waals surface area contributed by atoms with E-state index in [2.05, 4.69) is 30.5 Å². The quantitative estimate of drug-likeness (QED) is 0.740. The fourth-order valence-electron chi connectivity index (χ4n) is 2.64. The number of aryl methyl sites for hydroxylation is 2. The number of hydrogen-bond donors (Lipinski definition) is 1. The third-order valence-electron chi connectivity index (χ3n) is 3.76. The average Bonchev–Trinajstić information content (AvgIpc) is 3.03. The molecule has 1 aromatic heterocycles. The van der Waals surface area contributed by atoms with Crippen LogP contribution in [-0.2, 0) is 16.5 Å². The van der Waals surface area contributed by atoms with Gasteiger partial charge in [-0.1, -0.05) is 0 Å². The van der Waals surface area contributed by atoms with Gasteiger partial charge in [0.25, 0.3) is 0 Å². The van der Waals surface area contributed by atoms with Crippen LogP contribution in [0.25, 0.3) is 0 Å². The van der Waals surface area contributed by atoms with Gasteiger partial charge in [0.05, 0.1) is 18.4 Å². The summed E-state index contributed by atoms with van der Waals surface area (Å²) in [5, 5.41) is 7.89. The molecule has 114 valence electrons. The van der Waals surface area contributed by atoms with Crippen molar-refractivity contribution in [2.75, 3.05) is 26.4 Å². The molecule has 2 rings (SSSR count). The van der Waals surface area contributed by atoms with E-state index in [-0.39, 0.29) is 0 Å². The molecule has 0 amide bonds. The first-order chi connectivity index (χ1) is 9.66. The van der Waals surface area contributed by atoms with E-state index in [4.69, 9.17) is 9.47 Å². The summed E-state index contributed by atoms with van der Waals surface area (Å²) in [5.74, 6) is 0. The van der Waals surface area contributed by atoms with Gasteiger partial charge in [-0.2, -0.15) is 5.10 Å². The van der Waals surface area contributed by atoms with Crippen LogP contribution in [0.3, 0.4) is 0 Å². The normalized spacial score (nSPS) is 20.4. The highest BCUT2D eigenvalue weighted by atomic mass is 16.5. The average molecular weight is 281 g/mol. The minimum absolute atomic E-state index is 0.333.